The van der Waals surface area contributed by atoms with Gasteiger partial charge in [0.05, 0.1) is 16.5 Å². The molecule has 1 unspecified atom stereocenters. The van der Waals surface area contributed by atoms with Gasteiger partial charge in [0.15, 0.2) is 5.82 Å². The summed E-state index contributed by atoms with van der Waals surface area (Å²) in [5.74, 6) is 0.709. The molecule has 0 spiro atoms. The Morgan fingerprint density at radius 3 is 3.12 bits per heavy atom. The van der Waals surface area contributed by atoms with E-state index in [-0.39, 0.29) is 22.4 Å². The van der Waals surface area contributed by atoms with E-state index in [4.69, 9.17) is 11.6 Å². The molecule has 1 fully saturated rings. The minimum atomic E-state index is -0.629. The van der Waals surface area contributed by atoms with Gasteiger partial charge < -0.3 is 10.2 Å². The first-order valence-electron chi connectivity index (χ1n) is 8.46. The molecule has 1 aliphatic heterocycles. The van der Waals surface area contributed by atoms with Crippen LogP contribution in [0.5, 0.6) is 0 Å². The van der Waals surface area contributed by atoms with E-state index in [0.29, 0.717) is 5.92 Å². The number of piperidine rings is 1. The van der Waals surface area contributed by atoms with Crippen LogP contribution < -0.4 is 10.2 Å². The van der Waals surface area contributed by atoms with Crippen molar-refractivity contribution in [2.75, 3.05) is 29.1 Å². The maximum Gasteiger partial charge on any atom is 0.234 e. The lowest BCUT2D eigenvalue weighted by Crippen LogP contribution is -2.34. The zero-order valence-corrected chi connectivity index (χ0v) is 16.0. The van der Waals surface area contributed by atoms with E-state index in [1.54, 1.807) is 6.07 Å². The third kappa shape index (κ3) is 4.86. The molecule has 0 saturated carbocycles. The van der Waals surface area contributed by atoms with Gasteiger partial charge in [-0.2, -0.15) is 0 Å². The number of nitrogens with one attached hydrogen (secondary N) is 1. The second-order valence-corrected chi connectivity index (χ2v) is 7.75. The molecule has 1 aromatic heterocycles. The Morgan fingerprint density at radius 1 is 1.46 bits per heavy atom. The van der Waals surface area contributed by atoms with Gasteiger partial charge in [-0.05, 0) is 30.9 Å². The molecule has 8 heteroatoms. The quantitative estimate of drug-likeness (QED) is 0.607. The number of benzene rings is 1. The van der Waals surface area contributed by atoms with Gasteiger partial charge in [0, 0.05) is 19.2 Å². The van der Waals surface area contributed by atoms with Crippen molar-refractivity contribution in [1.82, 2.24) is 9.97 Å². The van der Waals surface area contributed by atoms with E-state index in [0.717, 1.165) is 30.4 Å². The molecule has 0 radical (unpaired) electrons. The number of carbonyl (C=O) groups excluding carboxylic acids is 1. The highest BCUT2D eigenvalue weighted by Crippen LogP contribution is 2.25. The summed E-state index contributed by atoms with van der Waals surface area (Å²) >= 11 is 7.01. The molecule has 1 aliphatic rings. The largest absolute Gasteiger partial charge is 0.356 e. The number of halogens is 2. The van der Waals surface area contributed by atoms with E-state index in [2.05, 4.69) is 27.1 Å². The van der Waals surface area contributed by atoms with Crippen LogP contribution in [0.1, 0.15) is 19.8 Å². The molecule has 26 heavy (non-hydrogen) atoms. The molecule has 1 saturated heterocycles. The number of hydrogen-bond donors (Lipinski definition) is 1. The topological polar surface area (TPSA) is 58.1 Å². The van der Waals surface area contributed by atoms with Gasteiger partial charge in [-0.3, -0.25) is 4.79 Å². The van der Waals surface area contributed by atoms with Crippen molar-refractivity contribution in [3.63, 3.8) is 0 Å². The van der Waals surface area contributed by atoms with Crippen LogP contribution in [0.3, 0.4) is 0 Å². The average Bonchev–Trinajstić information content (AvgIpc) is 2.64. The zero-order chi connectivity index (χ0) is 18.5. The Hall–Kier alpha value is -1.86. The molecule has 2 aromatic rings. The van der Waals surface area contributed by atoms with Crippen LogP contribution in [-0.4, -0.2) is 34.7 Å². The Morgan fingerprint density at radius 2 is 2.31 bits per heavy atom. The summed E-state index contributed by atoms with van der Waals surface area (Å²) in [7, 11) is 0. The minimum absolute atomic E-state index is 0.0216. The normalized spacial score (nSPS) is 17.2. The molecule has 2 heterocycles. The second-order valence-electron chi connectivity index (χ2n) is 6.35. The van der Waals surface area contributed by atoms with Crippen LogP contribution in [0.4, 0.5) is 15.9 Å². The maximum absolute atomic E-state index is 13.8. The number of anilines is 2. The summed E-state index contributed by atoms with van der Waals surface area (Å²) in [5, 5.41) is 3.23. The summed E-state index contributed by atoms with van der Waals surface area (Å²) in [5.41, 5.74) is 0.0776. The van der Waals surface area contributed by atoms with Crippen molar-refractivity contribution in [2.24, 2.45) is 5.92 Å². The number of nitrogens with zero attached hydrogens (tertiary/aromatic N) is 3. The lowest BCUT2D eigenvalue weighted by Gasteiger charge is -2.31. The lowest BCUT2D eigenvalue weighted by atomic mass is 10.0. The summed E-state index contributed by atoms with van der Waals surface area (Å²) in [6.07, 6.45) is 3.91. The second kappa shape index (κ2) is 8.68. The van der Waals surface area contributed by atoms with Gasteiger partial charge in [0.1, 0.15) is 17.2 Å². The number of amides is 1. The molecular formula is C18H20ClFN4OS. The molecule has 0 bridgehead atoms. The van der Waals surface area contributed by atoms with Crippen LogP contribution >= 0.6 is 23.4 Å². The number of carbonyl (C=O) groups is 1. The fourth-order valence-corrected chi connectivity index (χ4v) is 3.74. The molecule has 1 amide bonds. The van der Waals surface area contributed by atoms with Gasteiger partial charge in [-0.25, -0.2) is 14.4 Å². The fourth-order valence-electron chi connectivity index (χ4n) is 2.91. The van der Waals surface area contributed by atoms with Crippen molar-refractivity contribution < 1.29 is 9.18 Å². The Labute approximate surface area is 161 Å². The summed E-state index contributed by atoms with van der Waals surface area (Å²) in [4.78, 5) is 22.9. The van der Waals surface area contributed by atoms with E-state index >= 15 is 0 Å². The lowest BCUT2D eigenvalue weighted by molar-refractivity contribution is -0.113. The Balaban J connectivity index is 1.58. The van der Waals surface area contributed by atoms with E-state index in [1.807, 2.05) is 6.07 Å². The van der Waals surface area contributed by atoms with Crippen LogP contribution in [0.2, 0.25) is 5.02 Å². The third-order valence-electron chi connectivity index (χ3n) is 4.19. The average molecular weight is 395 g/mol. The van der Waals surface area contributed by atoms with Gasteiger partial charge in [-0.1, -0.05) is 36.4 Å². The smallest absolute Gasteiger partial charge is 0.234 e. The van der Waals surface area contributed by atoms with Gasteiger partial charge in [0.25, 0.3) is 0 Å². The Bertz CT molecular complexity index is 792. The number of thioether (sulfide) groups is 1. The van der Waals surface area contributed by atoms with Crippen molar-refractivity contribution in [3.05, 3.63) is 41.4 Å². The minimum Gasteiger partial charge on any atom is -0.356 e. The highest BCUT2D eigenvalue weighted by atomic mass is 35.5. The van der Waals surface area contributed by atoms with E-state index in [9.17, 15) is 9.18 Å². The highest BCUT2D eigenvalue weighted by Gasteiger charge is 2.18. The van der Waals surface area contributed by atoms with Crippen molar-refractivity contribution in [3.8, 4) is 0 Å². The van der Waals surface area contributed by atoms with Crippen LogP contribution in [0.25, 0.3) is 0 Å². The van der Waals surface area contributed by atoms with Crippen LogP contribution in [0.15, 0.2) is 35.6 Å². The van der Waals surface area contributed by atoms with E-state index < -0.39 is 5.82 Å². The molecule has 5 nitrogen and oxygen atoms in total. The SMILES string of the molecule is CC1CCCN(c2cc(SCC(=O)Nc3cccc(Cl)c3F)ncn2)C1. The van der Waals surface area contributed by atoms with Gasteiger partial charge in [0.2, 0.25) is 5.91 Å². The first kappa shape index (κ1) is 18.9. The summed E-state index contributed by atoms with van der Waals surface area (Å²) in [6, 6.07) is 6.40. The molecular weight excluding hydrogens is 375 g/mol. The molecule has 1 N–H and O–H groups in total. The van der Waals surface area contributed by atoms with Crippen LogP contribution in [-0.2, 0) is 4.79 Å². The van der Waals surface area contributed by atoms with Crippen molar-refractivity contribution in [2.45, 2.75) is 24.8 Å². The number of aromatic nitrogens is 2. The Kier molecular flexibility index (Phi) is 6.32. The number of hydrogen-bond acceptors (Lipinski definition) is 5. The molecule has 1 atom stereocenters. The molecule has 0 aliphatic carbocycles. The molecule has 3 rings (SSSR count). The van der Waals surface area contributed by atoms with Crippen molar-refractivity contribution >= 4 is 40.8 Å². The first-order valence-corrected chi connectivity index (χ1v) is 9.83. The van der Waals surface area contributed by atoms with Crippen molar-refractivity contribution in [1.29, 1.82) is 0 Å². The fraction of sp³-hybridized carbons (Fsp3) is 0.389. The van der Waals surface area contributed by atoms with Gasteiger partial charge in [-0.15, -0.1) is 0 Å². The molecule has 138 valence electrons. The first-order chi connectivity index (χ1) is 12.5. The zero-order valence-electron chi connectivity index (χ0n) is 14.4. The molecule has 1 aromatic carbocycles. The van der Waals surface area contributed by atoms with Crippen LogP contribution in [0, 0.1) is 11.7 Å². The third-order valence-corrected chi connectivity index (χ3v) is 5.40. The number of rotatable bonds is 5. The van der Waals surface area contributed by atoms with E-state index in [1.165, 1.54) is 36.6 Å². The monoisotopic (exact) mass is 394 g/mol. The summed E-state index contributed by atoms with van der Waals surface area (Å²) in [6.45, 7) is 4.21. The predicted octanol–water partition coefficient (Wildman–Crippen LogP) is 4.24. The standard InChI is InChI=1S/C18H20ClFN4OS/c1-12-4-3-7-24(9-12)15-8-17(22-11-21-15)26-10-16(25)23-14-6-2-5-13(19)18(14)20/h2,5-6,8,11-12H,3-4,7,9-10H2,1H3,(H,23,25). The predicted molar refractivity (Wildman–Crippen MR) is 103 cm³/mol. The maximum atomic E-state index is 13.8. The van der Waals surface area contributed by atoms with Gasteiger partial charge >= 0.3 is 0 Å². The highest BCUT2D eigenvalue weighted by molar-refractivity contribution is 7.99. The summed E-state index contributed by atoms with van der Waals surface area (Å²) < 4.78 is 13.8.